The fourth-order valence-electron chi connectivity index (χ4n) is 1.05. The number of thiol groups is 2. The molecular weight excluding hydrogens is 188 g/mol. The quantitative estimate of drug-likeness (QED) is 0.698. The lowest BCUT2D eigenvalue weighted by molar-refractivity contribution is -0.116. The van der Waals surface area contributed by atoms with Gasteiger partial charge < -0.3 is 0 Å². The van der Waals surface area contributed by atoms with Crippen LogP contribution in [0.25, 0.3) is 0 Å². The van der Waals surface area contributed by atoms with Crippen LogP contribution in [0.3, 0.4) is 0 Å². The Morgan fingerprint density at radius 3 is 2.17 bits per heavy atom. The highest BCUT2D eigenvalue weighted by Crippen LogP contribution is 2.16. The second-order valence-corrected chi connectivity index (χ2v) is 3.77. The summed E-state index contributed by atoms with van der Waals surface area (Å²) in [6, 6.07) is 5.60. The molecule has 0 spiro atoms. The minimum atomic E-state index is 0.154. The molecule has 0 saturated heterocycles. The van der Waals surface area contributed by atoms with E-state index < -0.39 is 0 Å². The lowest BCUT2D eigenvalue weighted by atomic mass is 10.1. The summed E-state index contributed by atoms with van der Waals surface area (Å²) < 4.78 is 0. The van der Waals surface area contributed by atoms with E-state index in [2.05, 4.69) is 25.3 Å². The molecule has 0 amide bonds. The van der Waals surface area contributed by atoms with Crippen LogP contribution in [0, 0.1) is 0 Å². The van der Waals surface area contributed by atoms with Gasteiger partial charge in [-0.05, 0) is 30.7 Å². The summed E-state index contributed by atoms with van der Waals surface area (Å²) in [7, 11) is 0. The van der Waals surface area contributed by atoms with Crippen LogP contribution in [0.4, 0.5) is 0 Å². The third-order valence-corrected chi connectivity index (χ3v) is 1.93. The number of ketones is 1. The molecule has 64 valence electrons. The molecule has 1 aromatic carbocycles. The first kappa shape index (κ1) is 9.68. The normalized spacial score (nSPS) is 9.92. The number of hydrogen-bond donors (Lipinski definition) is 2. The van der Waals surface area contributed by atoms with Gasteiger partial charge in [0.05, 0.1) is 0 Å². The standard InChI is InChI=1S/C9H10OS2/c1-6(10)2-7-3-8(11)5-9(12)4-7/h3-5,11-12H,2H2,1H3. The van der Waals surface area contributed by atoms with E-state index in [1.54, 1.807) is 6.92 Å². The van der Waals surface area contributed by atoms with Crippen molar-refractivity contribution in [2.45, 2.75) is 23.1 Å². The highest BCUT2D eigenvalue weighted by Gasteiger charge is 1.99. The Morgan fingerprint density at radius 1 is 1.25 bits per heavy atom. The Morgan fingerprint density at radius 2 is 1.75 bits per heavy atom. The first-order valence-corrected chi connectivity index (χ1v) is 4.48. The predicted octanol–water partition coefficient (Wildman–Crippen LogP) is 2.40. The summed E-state index contributed by atoms with van der Waals surface area (Å²) in [5.74, 6) is 0.154. The molecule has 12 heavy (non-hydrogen) atoms. The summed E-state index contributed by atoms with van der Waals surface area (Å²) in [5.41, 5.74) is 0.972. The van der Waals surface area contributed by atoms with Gasteiger partial charge in [0, 0.05) is 16.2 Å². The largest absolute Gasteiger partial charge is 0.300 e. The molecule has 0 aliphatic heterocycles. The van der Waals surface area contributed by atoms with Gasteiger partial charge in [-0.1, -0.05) is 0 Å². The highest BCUT2D eigenvalue weighted by molar-refractivity contribution is 7.81. The van der Waals surface area contributed by atoms with E-state index in [9.17, 15) is 4.79 Å². The Labute approximate surface area is 83.0 Å². The maximum Gasteiger partial charge on any atom is 0.134 e. The summed E-state index contributed by atoms with van der Waals surface area (Å²) >= 11 is 8.37. The molecule has 3 heteroatoms. The Bertz CT molecular complexity index is 287. The molecule has 1 aromatic rings. The lowest BCUT2D eigenvalue weighted by Crippen LogP contribution is -1.95. The van der Waals surface area contributed by atoms with Gasteiger partial charge in [-0.15, -0.1) is 25.3 Å². The van der Waals surface area contributed by atoms with E-state index in [1.807, 2.05) is 18.2 Å². The fourth-order valence-corrected chi connectivity index (χ4v) is 1.76. The number of carbonyl (C=O) groups excluding carboxylic acids is 1. The molecule has 0 radical (unpaired) electrons. The fraction of sp³-hybridized carbons (Fsp3) is 0.222. The van der Waals surface area contributed by atoms with Crippen molar-refractivity contribution in [3.05, 3.63) is 23.8 Å². The molecule has 1 nitrogen and oxygen atoms in total. The predicted molar refractivity (Wildman–Crippen MR) is 55.3 cm³/mol. The first-order valence-electron chi connectivity index (χ1n) is 3.59. The average Bonchev–Trinajstić information content (AvgIpc) is 1.81. The van der Waals surface area contributed by atoms with Crippen LogP contribution >= 0.6 is 25.3 Å². The maximum atomic E-state index is 10.8. The highest BCUT2D eigenvalue weighted by atomic mass is 32.1. The van der Waals surface area contributed by atoms with Gasteiger partial charge in [0.1, 0.15) is 5.78 Å². The van der Waals surface area contributed by atoms with Gasteiger partial charge in [-0.3, -0.25) is 4.79 Å². The molecule has 1 rings (SSSR count). The zero-order valence-electron chi connectivity index (χ0n) is 6.74. The van der Waals surface area contributed by atoms with E-state index in [0.29, 0.717) is 6.42 Å². The number of carbonyl (C=O) groups is 1. The molecule has 0 fully saturated rings. The molecule has 0 saturated carbocycles. The van der Waals surface area contributed by atoms with Gasteiger partial charge >= 0.3 is 0 Å². The minimum absolute atomic E-state index is 0.154. The van der Waals surface area contributed by atoms with E-state index >= 15 is 0 Å². The molecule has 0 aliphatic rings. The zero-order valence-corrected chi connectivity index (χ0v) is 8.53. The first-order chi connectivity index (χ1) is 5.58. The number of benzene rings is 1. The smallest absolute Gasteiger partial charge is 0.134 e. The van der Waals surface area contributed by atoms with Crippen molar-refractivity contribution >= 4 is 31.0 Å². The van der Waals surface area contributed by atoms with Crippen molar-refractivity contribution in [2.24, 2.45) is 0 Å². The summed E-state index contributed by atoms with van der Waals surface area (Å²) in [4.78, 5) is 12.5. The van der Waals surface area contributed by atoms with E-state index in [4.69, 9.17) is 0 Å². The van der Waals surface area contributed by atoms with Crippen LogP contribution in [0.5, 0.6) is 0 Å². The summed E-state index contributed by atoms with van der Waals surface area (Å²) in [5, 5.41) is 0. The van der Waals surface area contributed by atoms with E-state index in [1.165, 1.54) is 0 Å². The van der Waals surface area contributed by atoms with Gasteiger partial charge in [-0.2, -0.15) is 0 Å². The maximum absolute atomic E-state index is 10.8. The summed E-state index contributed by atoms with van der Waals surface area (Å²) in [6.45, 7) is 1.57. The Kier molecular flexibility index (Phi) is 3.23. The molecule has 0 unspecified atom stereocenters. The minimum Gasteiger partial charge on any atom is -0.300 e. The van der Waals surface area contributed by atoms with Crippen molar-refractivity contribution in [3.63, 3.8) is 0 Å². The van der Waals surface area contributed by atoms with Crippen molar-refractivity contribution in [2.75, 3.05) is 0 Å². The Balaban J connectivity index is 2.93. The monoisotopic (exact) mass is 198 g/mol. The SMILES string of the molecule is CC(=O)Cc1cc(S)cc(S)c1. The molecular formula is C9H10OS2. The van der Waals surface area contributed by atoms with E-state index in [0.717, 1.165) is 15.4 Å². The van der Waals surface area contributed by atoms with Crippen molar-refractivity contribution in [1.29, 1.82) is 0 Å². The third-order valence-electron chi connectivity index (χ3n) is 1.42. The summed E-state index contributed by atoms with van der Waals surface area (Å²) in [6.07, 6.45) is 0.460. The van der Waals surface area contributed by atoms with Crippen LogP contribution in [0.15, 0.2) is 28.0 Å². The molecule has 0 aliphatic carbocycles. The molecule has 0 atom stereocenters. The second-order valence-electron chi connectivity index (χ2n) is 2.74. The molecule has 0 bridgehead atoms. The van der Waals surface area contributed by atoms with Crippen molar-refractivity contribution < 1.29 is 4.79 Å². The van der Waals surface area contributed by atoms with Crippen molar-refractivity contribution in [3.8, 4) is 0 Å². The molecule has 0 N–H and O–H groups in total. The number of rotatable bonds is 2. The van der Waals surface area contributed by atoms with Crippen LogP contribution < -0.4 is 0 Å². The van der Waals surface area contributed by atoms with Crippen molar-refractivity contribution in [1.82, 2.24) is 0 Å². The van der Waals surface area contributed by atoms with Gasteiger partial charge in [0.2, 0.25) is 0 Å². The topological polar surface area (TPSA) is 17.1 Å². The second kappa shape index (κ2) is 4.01. The van der Waals surface area contributed by atoms with Gasteiger partial charge in [-0.25, -0.2) is 0 Å². The van der Waals surface area contributed by atoms with Gasteiger partial charge in [0.25, 0.3) is 0 Å². The van der Waals surface area contributed by atoms with E-state index in [-0.39, 0.29) is 5.78 Å². The van der Waals surface area contributed by atoms with Gasteiger partial charge in [0.15, 0.2) is 0 Å². The van der Waals surface area contributed by atoms with Crippen LogP contribution in [0.2, 0.25) is 0 Å². The average molecular weight is 198 g/mol. The molecule has 0 aromatic heterocycles. The lowest BCUT2D eigenvalue weighted by Gasteiger charge is -2.00. The molecule has 0 heterocycles. The Hall–Kier alpha value is -0.410. The number of Topliss-reactive ketones (excluding diaryl/α,β-unsaturated/α-hetero) is 1. The number of hydrogen-bond acceptors (Lipinski definition) is 3. The zero-order chi connectivity index (χ0) is 9.14. The van der Waals surface area contributed by atoms with Crippen LogP contribution in [-0.4, -0.2) is 5.78 Å². The van der Waals surface area contributed by atoms with Crippen LogP contribution in [0.1, 0.15) is 12.5 Å². The third kappa shape index (κ3) is 2.91. The van der Waals surface area contributed by atoms with Crippen LogP contribution in [-0.2, 0) is 11.2 Å².